The van der Waals surface area contributed by atoms with Crippen LogP contribution in [0.3, 0.4) is 0 Å². The summed E-state index contributed by atoms with van der Waals surface area (Å²) >= 11 is 0. The molecule has 0 amide bonds. The van der Waals surface area contributed by atoms with Crippen LogP contribution in [0.5, 0.6) is 0 Å². The largest absolute Gasteiger partial charge is 0.299 e. The van der Waals surface area contributed by atoms with Gasteiger partial charge in [-0.1, -0.05) is 13.8 Å². The Morgan fingerprint density at radius 2 is 1.81 bits per heavy atom. The van der Waals surface area contributed by atoms with Crippen molar-refractivity contribution >= 4 is 0 Å². The second kappa shape index (κ2) is 5.50. The minimum atomic E-state index is 0.778. The predicted octanol–water partition coefficient (Wildman–Crippen LogP) is 2.59. The van der Waals surface area contributed by atoms with Crippen LogP contribution >= 0.6 is 0 Å². The number of hydrogen-bond donors (Lipinski definition) is 0. The number of rotatable bonds is 3. The van der Waals surface area contributed by atoms with E-state index in [1.54, 1.807) is 0 Å². The Morgan fingerprint density at radius 3 is 2.56 bits per heavy atom. The molecule has 0 aromatic carbocycles. The van der Waals surface area contributed by atoms with Crippen LogP contribution < -0.4 is 0 Å². The number of hydrogen-bond acceptors (Lipinski definition) is 2. The van der Waals surface area contributed by atoms with E-state index in [4.69, 9.17) is 0 Å². The molecule has 94 valence electrons. The summed E-state index contributed by atoms with van der Waals surface area (Å²) in [5.74, 6) is 0.831. The van der Waals surface area contributed by atoms with E-state index in [-0.39, 0.29) is 0 Å². The Morgan fingerprint density at radius 1 is 1.06 bits per heavy atom. The van der Waals surface area contributed by atoms with Crippen molar-refractivity contribution in [2.75, 3.05) is 26.2 Å². The number of fused-ring (bicyclic) bond motifs is 1. The Bertz CT molecular complexity index is 215. The fourth-order valence-corrected chi connectivity index (χ4v) is 3.47. The van der Waals surface area contributed by atoms with Crippen LogP contribution in [0.2, 0.25) is 0 Å². The summed E-state index contributed by atoms with van der Waals surface area (Å²) in [6.07, 6.45) is 5.59. The minimum absolute atomic E-state index is 0.778. The molecule has 2 rings (SSSR count). The van der Waals surface area contributed by atoms with E-state index in [1.807, 2.05) is 0 Å². The van der Waals surface area contributed by atoms with Crippen LogP contribution in [0.4, 0.5) is 0 Å². The summed E-state index contributed by atoms with van der Waals surface area (Å²) in [5, 5.41) is 0. The van der Waals surface area contributed by atoms with Crippen molar-refractivity contribution in [3.8, 4) is 0 Å². The third-order valence-corrected chi connectivity index (χ3v) is 4.27. The normalized spacial score (nSPS) is 30.4. The van der Waals surface area contributed by atoms with Gasteiger partial charge in [-0.25, -0.2) is 0 Å². The van der Waals surface area contributed by atoms with Gasteiger partial charge >= 0.3 is 0 Å². The third-order valence-electron chi connectivity index (χ3n) is 4.27. The molecule has 0 saturated carbocycles. The summed E-state index contributed by atoms with van der Waals surface area (Å²) in [4.78, 5) is 5.47. The average molecular weight is 224 g/mol. The first-order valence-corrected chi connectivity index (χ1v) is 7.15. The smallest absolute Gasteiger partial charge is 0.0223 e. The maximum Gasteiger partial charge on any atom is 0.0223 e. The van der Waals surface area contributed by atoms with Gasteiger partial charge in [-0.2, -0.15) is 0 Å². The van der Waals surface area contributed by atoms with Gasteiger partial charge in [0.15, 0.2) is 0 Å². The van der Waals surface area contributed by atoms with Crippen LogP contribution in [0.15, 0.2) is 0 Å². The SMILES string of the molecule is CC(C)CC(C)N1CCCN2CCCC2C1. The summed E-state index contributed by atoms with van der Waals surface area (Å²) < 4.78 is 0. The maximum atomic E-state index is 2.75. The molecule has 2 fully saturated rings. The van der Waals surface area contributed by atoms with Crippen LogP contribution in [0, 0.1) is 5.92 Å². The molecule has 0 aliphatic carbocycles. The van der Waals surface area contributed by atoms with Crippen molar-refractivity contribution in [2.45, 2.75) is 58.5 Å². The van der Waals surface area contributed by atoms with E-state index in [9.17, 15) is 0 Å². The van der Waals surface area contributed by atoms with E-state index in [1.165, 1.54) is 51.9 Å². The molecule has 2 saturated heterocycles. The molecule has 0 radical (unpaired) electrons. The van der Waals surface area contributed by atoms with E-state index >= 15 is 0 Å². The third kappa shape index (κ3) is 2.98. The molecule has 0 bridgehead atoms. The molecule has 2 atom stereocenters. The second-order valence-electron chi connectivity index (χ2n) is 6.16. The van der Waals surface area contributed by atoms with Crippen LogP contribution in [0.25, 0.3) is 0 Å². The summed E-state index contributed by atoms with van der Waals surface area (Å²) in [5.41, 5.74) is 0. The molecule has 2 unspecified atom stereocenters. The molecule has 2 heterocycles. The highest BCUT2D eigenvalue weighted by atomic mass is 15.3. The highest BCUT2D eigenvalue weighted by Gasteiger charge is 2.30. The van der Waals surface area contributed by atoms with Crippen molar-refractivity contribution in [1.82, 2.24) is 9.80 Å². The van der Waals surface area contributed by atoms with Crippen molar-refractivity contribution in [1.29, 1.82) is 0 Å². The fourth-order valence-electron chi connectivity index (χ4n) is 3.47. The Balaban J connectivity index is 1.89. The summed E-state index contributed by atoms with van der Waals surface area (Å²) in [6, 6.07) is 1.65. The predicted molar refractivity (Wildman–Crippen MR) is 69.7 cm³/mol. The zero-order chi connectivity index (χ0) is 11.5. The molecule has 2 heteroatoms. The second-order valence-corrected chi connectivity index (χ2v) is 6.16. The fraction of sp³-hybridized carbons (Fsp3) is 1.00. The Kier molecular flexibility index (Phi) is 4.26. The molecule has 2 aliphatic rings. The zero-order valence-corrected chi connectivity index (χ0v) is 11.3. The molecule has 0 aromatic heterocycles. The van der Waals surface area contributed by atoms with E-state index in [2.05, 4.69) is 30.6 Å². The van der Waals surface area contributed by atoms with Gasteiger partial charge in [0.2, 0.25) is 0 Å². The van der Waals surface area contributed by atoms with Crippen molar-refractivity contribution in [3.63, 3.8) is 0 Å². The Labute approximate surface area is 101 Å². The standard InChI is InChI=1S/C14H28N2/c1-12(2)10-13(3)16-9-5-8-15-7-4-6-14(15)11-16/h12-14H,4-11H2,1-3H3. The molecule has 2 nitrogen and oxygen atoms in total. The molecule has 0 N–H and O–H groups in total. The topological polar surface area (TPSA) is 6.48 Å². The van der Waals surface area contributed by atoms with Crippen molar-refractivity contribution in [2.24, 2.45) is 5.92 Å². The zero-order valence-electron chi connectivity index (χ0n) is 11.3. The van der Waals surface area contributed by atoms with Crippen molar-refractivity contribution < 1.29 is 0 Å². The van der Waals surface area contributed by atoms with E-state index in [0.29, 0.717) is 0 Å². The van der Waals surface area contributed by atoms with Crippen LogP contribution in [-0.2, 0) is 0 Å². The van der Waals surface area contributed by atoms with Gasteiger partial charge in [0.05, 0.1) is 0 Å². The molecule has 16 heavy (non-hydrogen) atoms. The van der Waals surface area contributed by atoms with Gasteiger partial charge in [0, 0.05) is 18.6 Å². The lowest BCUT2D eigenvalue weighted by molar-refractivity contribution is 0.165. The first-order chi connectivity index (χ1) is 7.66. The van der Waals surface area contributed by atoms with Crippen LogP contribution in [-0.4, -0.2) is 48.1 Å². The lowest BCUT2D eigenvalue weighted by Crippen LogP contribution is -2.41. The molecule has 0 aromatic rings. The summed E-state index contributed by atoms with van der Waals surface area (Å²) in [6.45, 7) is 12.5. The van der Waals surface area contributed by atoms with Gasteiger partial charge in [0.25, 0.3) is 0 Å². The van der Waals surface area contributed by atoms with Gasteiger partial charge in [-0.15, -0.1) is 0 Å². The minimum Gasteiger partial charge on any atom is -0.299 e. The molecule has 2 aliphatic heterocycles. The molecular weight excluding hydrogens is 196 g/mol. The maximum absolute atomic E-state index is 2.75. The van der Waals surface area contributed by atoms with Crippen molar-refractivity contribution in [3.05, 3.63) is 0 Å². The molecule has 0 spiro atoms. The van der Waals surface area contributed by atoms with E-state index in [0.717, 1.165) is 18.0 Å². The van der Waals surface area contributed by atoms with Gasteiger partial charge in [-0.05, 0) is 58.2 Å². The monoisotopic (exact) mass is 224 g/mol. The lowest BCUT2D eigenvalue weighted by Gasteiger charge is -2.31. The summed E-state index contributed by atoms with van der Waals surface area (Å²) in [7, 11) is 0. The first kappa shape index (κ1) is 12.4. The molecular formula is C14H28N2. The van der Waals surface area contributed by atoms with Crippen LogP contribution in [0.1, 0.15) is 46.5 Å². The Hall–Kier alpha value is -0.0800. The van der Waals surface area contributed by atoms with Gasteiger partial charge in [0.1, 0.15) is 0 Å². The van der Waals surface area contributed by atoms with E-state index < -0.39 is 0 Å². The average Bonchev–Trinajstić information content (AvgIpc) is 2.54. The quantitative estimate of drug-likeness (QED) is 0.727. The lowest BCUT2D eigenvalue weighted by atomic mass is 10.0. The number of nitrogens with zero attached hydrogens (tertiary/aromatic N) is 2. The highest BCUT2D eigenvalue weighted by Crippen LogP contribution is 2.23. The van der Waals surface area contributed by atoms with Gasteiger partial charge in [-0.3, -0.25) is 9.80 Å². The highest BCUT2D eigenvalue weighted by molar-refractivity contribution is 4.86. The van der Waals surface area contributed by atoms with Gasteiger partial charge < -0.3 is 0 Å². The first-order valence-electron chi connectivity index (χ1n) is 7.15.